The van der Waals surface area contributed by atoms with E-state index >= 15 is 0 Å². The SMILES string of the molecule is CC(C)(C)CC(C(C(=O)O)=C(CC(F)(F)F)C(=O)O)[Si](O[SiH3])(O[Si](C)(C)C)O[Si](C)(C)C. The maximum Gasteiger partial charge on any atom is 0.477 e. The number of rotatable bonds is 11. The van der Waals surface area contributed by atoms with Crippen LogP contribution in [0.25, 0.3) is 0 Å². The number of alkyl halides is 3. The quantitative estimate of drug-likeness (QED) is 0.303. The predicted molar refractivity (Wildman–Crippen MR) is 126 cm³/mol. The van der Waals surface area contributed by atoms with Gasteiger partial charge in [0.1, 0.15) is 10.5 Å². The first kappa shape index (κ1) is 31.2. The highest BCUT2D eigenvalue weighted by atomic mass is 28.5. The van der Waals surface area contributed by atoms with E-state index < -0.39 is 72.1 Å². The van der Waals surface area contributed by atoms with E-state index in [9.17, 15) is 33.0 Å². The van der Waals surface area contributed by atoms with E-state index in [0.29, 0.717) is 0 Å². The summed E-state index contributed by atoms with van der Waals surface area (Å²) in [7, 11) is -8.84. The van der Waals surface area contributed by atoms with Gasteiger partial charge in [0.2, 0.25) is 0 Å². The van der Waals surface area contributed by atoms with Gasteiger partial charge >= 0.3 is 26.9 Å². The second-order valence-corrected chi connectivity index (χ2v) is 24.5. The maximum absolute atomic E-state index is 13.3. The molecule has 0 aromatic heterocycles. The van der Waals surface area contributed by atoms with E-state index in [1.165, 1.54) is 0 Å². The van der Waals surface area contributed by atoms with Crippen molar-refractivity contribution < 1.29 is 45.3 Å². The van der Waals surface area contributed by atoms with Crippen molar-refractivity contribution in [2.45, 2.75) is 84.6 Å². The Morgan fingerprint density at radius 3 is 1.53 bits per heavy atom. The molecule has 32 heavy (non-hydrogen) atoms. The highest BCUT2D eigenvalue weighted by Crippen LogP contribution is 2.46. The van der Waals surface area contributed by atoms with Gasteiger partial charge in [0.15, 0.2) is 16.6 Å². The Morgan fingerprint density at radius 1 is 0.906 bits per heavy atom. The molecule has 7 nitrogen and oxygen atoms in total. The Labute approximate surface area is 194 Å². The molecule has 0 amide bonds. The third kappa shape index (κ3) is 10.9. The molecule has 0 heterocycles. The number of hydrogen-bond donors (Lipinski definition) is 2. The minimum absolute atomic E-state index is 0.0205. The van der Waals surface area contributed by atoms with Crippen LogP contribution in [-0.2, 0) is 21.9 Å². The molecule has 0 spiro atoms. The minimum atomic E-state index is -4.91. The Morgan fingerprint density at radius 2 is 1.31 bits per heavy atom. The number of halogens is 3. The van der Waals surface area contributed by atoms with Gasteiger partial charge in [-0.05, 0) is 51.1 Å². The summed E-state index contributed by atoms with van der Waals surface area (Å²) < 4.78 is 58.5. The number of carboxylic acid groups (broad SMARTS) is 2. The smallest absolute Gasteiger partial charge is 0.477 e. The molecule has 0 saturated heterocycles. The summed E-state index contributed by atoms with van der Waals surface area (Å²) in [5.41, 5.74) is -3.92. The van der Waals surface area contributed by atoms with Crippen molar-refractivity contribution in [3.63, 3.8) is 0 Å². The summed E-state index contributed by atoms with van der Waals surface area (Å²) in [5.74, 6) is -3.68. The average molecular weight is 535 g/mol. The van der Waals surface area contributed by atoms with E-state index in [1.54, 1.807) is 20.8 Å². The first-order valence-electron chi connectivity index (χ1n) is 10.1. The van der Waals surface area contributed by atoms with Crippen LogP contribution in [0.4, 0.5) is 13.2 Å². The fraction of sp³-hybridized carbons (Fsp3) is 0.778. The van der Waals surface area contributed by atoms with E-state index in [1.807, 2.05) is 39.3 Å². The van der Waals surface area contributed by atoms with Gasteiger partial charge in [-0.2, -0.15) is 13.2 Å². The van der Waals surface area contributed by atoms with Crippen LogP contribution in [0.15, 0.2) is 11.1 Å². The van der Waals surface area contributed by atoms with Gasteiger partial charge < -0.3 is 22.6 Å². The molecule has 188 valence electrons. The largest absolute Gasteiger partial charge is 0.478 e. The molecule has 0 rings (SSSR count). The highest BCUT2D eigenvalue weighted by Gasteiger charge is 2.57. The summed E-state index contributed by atoms with van der Waals surface area (Å²) in [5, 5.41) is 19.6. The zero-order valence-corrected chi connectivity index (χ0v) is 25.6. The average Bonchev–Trinajstić information content (AvgIpc) is 2.46. The molecule has 0 fully saturated rings. The molecule has 0 aromatic carbocycles. The third-order valence-corrected chi connectivity index (χ3v) is 14.8. The van der Waals surface area contributed by atoms with Gasteiger partial charge in [0.05, 0.1) is 23.1 Å². The first-order chi connectivity index (χ1) is 13.9. The van der Waals surface area contributed by atoms with Gasteiger partial charge in [-0.15, -0.1) is 0 Å². The number of aliphatic carboxylic acids is 2. The monoisotopic (exact) mass is 534 g/mol. The Hall–Kier alpha value is -0.782. The second kappa shape index (κ2) is 10.6. The van der Waals surface area contributed by atoms with Gasteiger partial charge in [0.25, 0.3) is 0 Å². The third-order valence-electron chi connectivity index (χ3n) is 3.96. The summed E-state index contributed by atoms with van der Waals surface area (Å²) in [6.07, 6.45) is -6.77. The summed E-state index contributed by atoms with van der Waals surface area (Å²) in [6.45, 7) is 16.4. The minimum Gasteiger partial charge on any atom is -0.478 e. The van der Waals surface area contributed by atoms with Crippen LogP contribution in [-0.4, -0.2) is 64.3 Å². The maximum atomic E-state index is 13.3. The normalized spacial score (nSPS) is 16.0. The van der Waals surface area contributed by atoms with Crippen molar-refractivity contribution in [1.82, 2.24) is 0 Å². The number of carbonyl (C=O) groups is 2. The molecule has 0 bridgehead atoms. The van der Waals surface area contributed by atoms with Crippen LogP contribution in [0.1, 0.15) is 33.6 Å². The van der Waals surface area contributed by atoms with Gasteiger partial charge in [-0.25, -0.2) is 9.59 Å². The molecule has 0 aliphatic carbocycles. The Bertz CT molecular complexity index is 704. The van der Waals surface area contributed by atoms with Crippen molar-refractivity contribution >= 4 is 47.9 Å². The van der Waals surface area contributed by atoms with Crippen LogP contribution in [0.2, 0.25) is 44.8 Å². The van der Waals surface area contributed by atoms with E-state index in [4.69, 9.17) is 12.3 Å². The zero-order valence-electron chi connectivity index (χ0n) is 20.6. The van der Waals surface area contributed by atoms with Crippen LogP contribution in [0, 0.1) is 5.41 Å². The molecule has 0 aromatic rings. The lowest BCUT2D eigenvalue weighted by atomic mass is 9.86. The van der Waals surface area contributed by atoms with Crippen molar-refractivity contribution in [2.24, 2.45) is 5.41 Å². The first-order valence-corrected chi connectivity index (χ1v) is 19.6. The van der Waals surface area contributed by atoms with Crippen molar-refractivity contribution in [3.8, 4) is 0 Å². The molecular weight excluding hydrogens is 498 g/mol. The highest BCUT2D eigenvalue weighted by molar-refractivity contribution is 6.87. The lowest BCUT2D eigenvalue weighted by Crippen LogP contribution is -2.60. The number of carboxylic acids is 2. The van der Waals surface area contributed by atoms with E-state index in [2.05, 4.69) is 0 Å². The lowest BCUT2D eigenvalue weighted by Gasteiger charge is -2.45. The molecule has 2 N–H and O–H groups in total. The van der Waals surface area contributed by atoms with Crippen molar-refractivity contribution in [3.05, 3.63) is 11.1 Å². The Balaban J connectivity index is 7.42. The molecule has 1 atom stereocenters. The lowest BCUT2D eigenvalue weighted by molar-refractivity contribution is -0.144. The van der Waals surface area contributed by atoms with Gasteiger partial charge in [-0.3, -0.25) is 0 Å². The van der Waals surface area contributed by atoms with E-state index in [0.717, 1.165) is 0 Å². The van der Waals surface area contributed by atoms with Gasteiger partial charge in [-0.1, -0.05) is 20.8 Å². The molecule has 0 aliphatic heterocycles. The topological polar surface area (TPSA) is 102 Å². The van der Waals surface area contributed by atoms with Crippen LogP contribution in [0.3, 0.4) is 0 Å². The fourth-order valence-electron chi connectivity index (χ4n) is 3.23. The summed E-state index contributed by atoms with van der Waals surface area (Å²) in [6, 6.07) is 0. The number of hydrogen-bond acceptors (Lipinski definition) is 5. The molecule has 0 saturated carbocycles. The fourth-order valence-corrected chi connectivity index (χ4v) is 16.6. The van der Waals surface area contributed by atoms with Crippen LogP contribution >= 0.6 is 0 Å². The molecule has 1 unspecified atom stereocenters. The standard InChI is InChI=1S/C18H37F3O7Si4/c1-17(2,3)11-13(14(16(24)25)12(15(22)23)10-18(19,20)21)32(26-29,27-30(4,5)6)28-31(7,8)9/h13H,10-11H2,1-9,29H3,(H,22,23)(H,24,25). The summed E-state index contributed by atoms with van der Waals surface area (Å²) >= 11 is 0. The second-order valence-electron chi connectivity index (χ2n) is 10.8. The molecule has 0 aliphatic rings. The molecule has 0 radical (unpaired) electrons. The molecule has 14 heteroatoms. The van der Waals surface area contributed by atoms with E-state index in [-0.39, 0.29) is 16.9 Å². The van der Waals surface area contributed by atoms with Crippen LogP contribution in [0.5, 0.6) is 0 Å². The van der Waals surface area contributed by atoms with Gasteiger partial charge in [0, 0.05) is 0 Å². The summed E-state index contributed by atoms with van der Waals surface area (Å²) in [4.78, 5) is 24.2. The molecular formula is C18H37F3O7Si4. The van der Waals surface area contributed by atoms with Crippen molar-refractivity contribution in [1.29, 1.82) is 0 Å². The van der Waals surface area contributed by atoms with Crippen LogP contribution < -0.4 is 0 Å². The Kier molecular flexibility index (Phi) is 10.4. The predicted octanol–water partition coefficient (Wildman–Crippen LogP) is 4.15. The van der Waals surface area contributed by atoms with Crippen molar-refractivity contribution in [2.75, 3.05) is 0 Å². The zero-order chi connectivity index (χ0) is 25.9.